The van der Waals surface area contributed by atoms with E-state index in [-0.39, 0.29) is 6.61 Å². The van der Waals surface area contributed by atoms with Gasteiger partial charge in [-0.2, -0.15) is 0 Å². The summed E-state index contributed by atoms with van der Waals surface area (Å²) in [7, 11) is 0. The minimum absolute atomic E-state index is 0.270. The second kappa shape index (κ2) is 10.1. The molecule has 2 aromatic rings. The maximum atomic E-state index is 10.4. The van der Waals surface area contributed by atoms with Crippen molar-refractivity contribution in [2.24, 2.45) is 5.73 Å². The van der Waals surface area contributed by atoms with Crippen molar-refractivity contribution < 1.29 is 9.84 Å². The van der Waals surface area contributed by atoms with Crippen LogP contribution in [0.15, 0.2) is 54.6 Å². The highest BCUT2D eigenvalue weighted by Crippen LogP contribution is 2.17. The van der Waals surface area contributed by atoms with Crippen LogP contribution in [0.3, 0.4) is 0 Å². The van der Waals surface area contributed by atoms with E-state index in [4.69, 9.17) is 10.5 Å². The zero-order chi connectivity index (χ0) is 17.2. The molecule has 0 aliphatic carbocycles. The second-order valence-corrected chi connectivity index (χ2v) is 6.00. The highest BCUT2D eigenvalue weighted by atomic mass is 16.5. The van der Waals surface area contributed by atoms with Crippen LogP contribution in [0.4, 0.5) is 0 Å². The van der Waals surface area contributed by atoms with Gasteiger partial charge in [-0.05, 0) is 24.6 Å². The number of nitrogens with zero attached hydrogens (tertiary/aromatic N) is 1. The van der Waals surface area contributed by atoms with E-state index in [0.717, 1.165) is 30.8 Å². The molecule has 4 nitrogen and oxygen atoms in total. The van der Waals surface area contributed by atoms with Crippen molar-refractivity contribution in [2.45, 2.75) is 32.5 Å². The number of benzene rings is 2. The van der Waals surface area contributed by atoms with Gasteiger partial charge >= 0.3 is 0 Å². The van der Waals surface area contributed by atoms with Gasteiger partial charge in [0.05, 0.1) is 0 Å². The Kier molecular flexibility index (Phi) is 7.75. The van der Waals surface area contributed by atoms with Crippen molar-refractivity contribution >= 4 is 0 Å². The Hall–Kier alpha value is -1.88. The largest absolute Gasteiger partial charge is 0.491 e. The van der Waals surface area contributed by atoms with Crippen molar-refractivity contribution in [3.63, 3.8) is 0 Å². The zero-order valence-electron chi connectivity index (χ0n) is 14.4. The number of para-hydroxylation sites is 1. The van der Waals surface area contributed by atoms with Gasteiger partial charge in [0.2, 0.25) is 0 Å². The lowest BCUT2D eigenvalue weighted by atomic mass is 10.2. The van der Waals surface area contributed by atoms with E-state index in [1.807, 2.05) is 42.5 Å². The summed E-state index contributed by atoms with van der Waals surface area (Å²) in [5, 5.41) is 10.4. The van der Waals surface area contributed by atoms with E-state index in [1.54, 1.807) is 0 Å². The van der Waals surface area contributed by atoms with Crippen LogP contribution in [0.25, 0.3) is 0 Å². The summed E-state index contributed by atoms with van der Waals surface area (Å²) in [4.78, 5) is 2.26. The van der Waals surface area contributed by atoms with Gasteiger partial charge in [-0.1, -0.05) is 55.5 Å². The Morgan fingerprint density at radius 1 is 1.08 bits per heavy atom. The van der Waals surface area contributed by atoms with Gasteiger partial charge < -0.3 is 15.6 Å². The number of ether oxygens (including phenoxy) is 1. The Labute approximate surface area is 144 Å². The van der Waals surface area contributed by atoms with Gasteiger partial charge in [0, 0.05) is 25.2 Å². The first-order valence-corrected chi connectivity index (χ1v) is 8.58. The van der Waals surface area contributed by atoms with Crippen LogP contribution >= 0.6 is 0 Å². The van der Waals surface area contributed by atoms with Crippen LogP contribution in [0.1, 0.15) is 24.5 Å². The fraction of sp³-hybridized carbons (Fsp3) is 0.400. The van der Waals surface area contributed by atoms with Gasteiger partial charge in [0.25, 0.3) is 0 Å². The highest BCUT2D eigenvalue weighted by Gasteiger charge is 2.13. The van der Waals surface area contributed by atoms with Crippen LogP contribution in [0, 0.1) is 0 Å². The Balaban J connectivity index is 1.87. The molecule has 0 bridgehead atoms. The molecule has 0 aromatic heterocycles. The summed E-state index contributed by atoms with van der Waals surface area (Å²) in [6, 6.07) is 18.0. The number of aliphatic hydroxyl groups is 1. The molecule has 0 amide bonds. The molecule has 0 spiro atoms. The third-order valence-electron chi connectivity index (χ3n) is 3.88. The zero-order valence-corrected chi connectivity index (χ0v) is 14.4. The molecule has 0 heterocycles. The fourth-order valence-corrected chi connectivity index (χ4v) is 2.74. The van der Waals surface area contributed by atoms with Gasteiger partial charge in [-0.25, -0.2) is 0 Å². The number of nitrogens with two attached hydrogens (primary N) is 1. The molecule has 1 unspecified atom stereocenters. The lowest BCUT2D eigenvalue weighted by Gasteiger charge is -2.25. The normalized spacial score (nSPS) is 12.3. The quantitative estimate of drug-likeness (QED) is 0.704. The van der Waals surface area contributed by atoms with Crippen LogP contribution < -0.4 is 10.5 Å². The topological polar surface area (TPSA) is 58.7 Å². The summed E-state index contributed by atoms with van der Waals surface area (Å²) in [5.74, 6) is 0.754. The molecule has 3 N–H and O–H groups in total. The molecular weight excluding hydrogens is 300 g/mol. The number of rotatable bonds is 10. The molecule has 0 saturated carbocycles. The molecule has 0 fully saturated rings. The van der Waals surface area contributed by atoms with Crippen LogP contribution in [0.2, 0.25) is 0 Å². The molecule has 24 heavy (non-hydrogen) atoms. The Morgan fingerprint density at radius 2 is 1.79 bits per heavy atom. The van der Waals surface area contributed by atoms with Crippen molar-refractivity contribution in [3.05, 3.63) is 65.7 Å². The second-order valence-electron chi connectivity index (χ2n) is 6.00. The lowest BCUT2D eigenvalue weighted by Crippen LogP contribution is -2.35. The minimum atomic E-state index is -0.536. The number of hydrogen-bond acceptors (Lipinski definition) is 4. The summed E-state index contributed by atoms with van der Waals surface area (Å²) >= 11 is 0. The fourth-order valence-electron chi connectivity index (χ4n) is 2.74. The van der Waals surface area contributed by atoms with Crippen molar-refractivity contribution in [1.82, 2.24) is 4.90 Å². The first-order chi connectivity index (χ1) is 11.7. The van der Waals surface area contributed by atoms with E-state index in [9.17, 15) is 5.11 Å². The third kappa shape index (κ3) is 5.96. The maximum Gasteiger partial charge on any atom is 0.123 e. The molecule has 4 heteroatoms. The van der Waals surface area contributed by atoms with E-state index in [1.165, 1.54) is 5.56 Å². The first-order valence-electron chi connectivity index (χ1n) is 8.58. The van der Waals surface area contributed by atoms with Gasteiger partial charge in [0.1, 0.15) is 18.5 Å². The van der Waals surface area contributed by atoms with Crippen LogP contribution in [-0.4, -0.2) is 35.8 Å². The molecule has 2 rings (SSSR count). The van der Waals surface area contributed by atoms with Crippen molar-refractivity contribution in [2.75, 3.05) is 19.7 Å². The number of hydrogen-bond donors (Lipinski definition) is 2. The average molecular weight is 328 g/mol. The predicted molar refractivity (Wildman–Crippen MR) is 97.8 cm³/mol. The summed E-state index contributed by atoms with van der Waals surface area (Å²) in [6.45, 7) is 5.23. The molecule has 0 saturated heterocycles. The third-order valence-corrected chi connectivity index (χ3v) is 3.88. The molecule has 1 atom stereocenters. The smallest absolute Gasteiger partial charge is 0.123 e. The summed E-state index contributed by atoms with van der Waals surface area (Å²) in [5.41, 5.74) is 7.93. The Morgan fingerprint density at radius 3 is 2.50 bits per heavy atom. The predicted octanol–water partition coefficient (Wildman–Crippen LogP) is 2.80. The van der Waals surface area contributed by atoms with E-state index < -0.39 is 6.10 Å². The molecule has 0 aliphatic rings. The lowest BCUT2D eigenvalue weighted by molar-refractivity contribution is 0.0653. The van der Waals surface area contributed by atoms with Gasteiger partial charge in [0.15, 0.2) is 0 Å². The van der Waals surface area contributed by atoms with E-state index in [0.29, 0.717) is 13.1 Å². The minimum Gasteiger partial charge on any atom is -0.491 e. The maximum absolute atomic E-state index is 10.4. The van der Waals surface area contributed by atoms with Gasteiger partial charge in [-0.3, -0.25) is 4.90 Å². The standard InChI is InChI=1S/C20H28N2O2/c1-2-12-22(14-17-8-4-3-5-9-17)15-19(23)16-24-20-11-7-6-10-18(20)13-21/h3-11,19,23H,2,12-16,21H2,1H3. The van der Waals surface area contributed by atoms with Gasteiger partial charge in [-0.15, -0.1) is 0 Å². The first kappa shape index (κ1) is 18.5. The number of aliphatic hydroxyl groups excluding tert-OH is 1. The Bertz CT molecular complexity index is 589. The SMILES string of the molecule is CCCN(Cc1ccccc1)CC(O)COc1ccccc1CN. The summed E-state index contributed by atoms with van der Waals surface area (Å²) in [6.07, 6.45) is 0.516. The van der Waals surface area contributed by atoms with E-state index in [2.05, 4.69) is 24.0 Å². The monoisotopic (exact) mass is 328 g/mol. The van der Waals surface area contributed by atoms with Crippen LogP contribution in [-0.2, 0) is 13.1 Å². The molecule has 0 aliphatic heterocycles. The molecular formula is C20H28N2O2. The van der Waals surface area contributed by atoms with Crippen molar-refractivity contribution in [3.8, 4) is 5.75 Å². The average Bonchev–Trinajstić information content (AvgIpc) is 2.61. The molecule has 130 valence electrons. The highest BCUT2D eigenvalue weighted by molar-refractivity contribution is 5.33. The molecule has 2 aromatic carbocycles. The summed E-state index contributed by atoms with van der Waals surface area (Å²) < 4.78 is 5.76. The van der Waals surface area contributed by atoms with Crippen LogP contribution in [0.5, 0.6) is 5.75 Å². The van der Waals surface area contributed by atoms with Crippen molar-refractivity contribution in [1.29, 1.82) is 0 Å². The van der Waals surface area contributed by atoms with E-state index >= 15 is 0 Å². The molecule has 0 radical (unpaired) electrons.